The summed E-state index contributed by atoms with van der Waals surface area (Å²) in [7, 11) is 1.31. The van der Waals surface area contributed by atoms with Crippen LogP contribution in [0.2, 0.25) is 0 Å². The molecule has 0 N–H and O–H groups in total. The van der Waals surface area contributed by atoms with Gasteiger partial charge in [-0.25, -0.2) is 4.79 Å². The second-order valence-corrected chi connectivity index (χ2v) is 3.97. The Morgan fingerprint density at radius 2 is 2.19 bits per heavy atom. The van der Waals surface area contributed by atoms with Gasteiger partial charge in [-0.15, -0.1) is 0 Å². The summed E-state index contributed by atoms with van der Waals surface area (Å²) in [6.45, 7) is 5.68. The van der Waals surface area contributed by atoms with Gasteiger partial charge in [-0.1, -0.05) is 26.3 Å². The average Bonchev–Trinajstić information content (AvgIpc) is 2.55. The van der Waals surface area contributed by atoms with Crippen LogP contribution in [0.5, 0.6) is 0 Å². The summed E-state index contributed by atoms with van der Waals surface area (Å²) < 4.78 is 9.77. The van der Waals surface area contributed by atoms with Crippen LogP contribution in [0, 0.1) is 5.92 Å². The molecule has 0 bridgehead atoms. The Kier molecular flexibility index (Phi) is 4.52. The number of cyclic esters (lactones) is 1. The van der Waals surface area contributed by atoms with E-state index in [-0.39, 0.29) is 11.7 Å². The van der Waals surface area contributed by atoms with Crippen LogP contribution in [-0.2, 0) is 19.1 Å². The molecular formula is C12H18O4. The molecule has 2 atom stereocenters. The summed E-state index contributed by atoms with van der Waals surface area (Å²) in [5.41, 5.74) is 0.216. The van der Waals surface area contributed by atoms with Gasteiger partial charge in [0, 0.05) is 5.57 Å². The molecule has 0 aromatic carbocycles. The average molecular weight is 226 g/mol. The van der Waals surface area contributed by atoms with E-state index in [4.69, 9.17) is 4.74 Å². The second kappa shape index (κ2) is 5.68. The molecule has 0 aromatic heterocycles. The molecule has 1 aliphatic heterocycles. The molecule has 1 fully saturated rings. The number of rotatable bonds is 5. The Bertz CT molecular complexity index is 295. The quantitative estimate of drug-likeness (QED) is 0.408. The molecule has 0 aliphatic carbocycles. The number of unbranched alkanes of at least 4 members (excludes halogenated alkanes) is 2. The van der Waals surface area contributed by atoms with E-state index in [0.717, 1.165) is 19.3 Å². The third-order valence-electron chi connectivity index (χ3n) is 2.82. The van der Waals surface area contributed by atoms with Crippen molar-refractivity contribution in [2.24, 2.45) is 5.92 Å². The minimum absolute atomic E-state index is 0.216. The van der Waals surface area contributed by atoms with Crippen molar-refractivity contribution in [2.45, 2.75) is 38.7 Å². The molecule has 0 saturated carbocycles. The molecule has 0 aromatic rings. The van der Waals surface area contributed by atoms with Crippen LogP contribution in [-0.4, -0.2) is 25.2 Å². The maximum absolute atomic E-state index is 11.5. The molecule has 1 rings (SSSR count). The van der Waals surface area contributed by atoms with Crippen LogP contribution >= 0.6 is 0 Å². The van der Waals surface area contributed by atoms with E-state index in [0.29, 0.717) is 6.42 Å². The molecule has 0 amide bonds. The van der Waals surface area contributed by atoms with E-state index < -0.39 is 17.9 Å². The van der Waals surface area contributed by atoms with Gasteiger partial charge < -0.3 is 9.47 Å². The van der Waals surface area contributed by atoms with Gasteiger partial charge in [-0.05, 0) is 12.8 Å². The smallest absolute Gasteiger partial charge is 0.334 e. The maximum atomic E-state index is 11.5. The van der Waals surface area contributed by atoms with E-state index in [9.17, 15) is 9.59 Å². The first-order chi connectivity index (χ1) is 7.61. The molecule has 0 spiro atoms. The largest absolute Gasteiger partial charge is 0.468 e. The summed E-state index contributed by atoms with van der Waals surface area (Å²) in [6.07, 6.45) is 3.39. The Labute approximate surface area is 95.6 Å². The van der Waals surface area contributed by atoms with Crippen LogP contribution < -0.4 is 0 Å². The highest BCUT2D eigenvalue weighted by Gasteiger charge is 2.43. The minimum Gasteiger partial charge on any atom is -0.468 e. The number of esters is 2. The van der Waals surface area contributed by atoms with Gasteiger partial charge in [0.15, 0.2) is 0 Å². The van der Waals surface area contributed by atoms with Crippen LogP contribution in [0.25, 0.3) is 0 Å². The Morgan fingerprint density at radius 1 is 1.50 bits per heavy atom. The van der Waals surface area contributed by atoms with Gasteiger partial charge in [0.1, 0.15) is 12.0 Å². The van der Waals surface area contributed by atoms with Gasteiger partial charge >= 0.3 is 11.9 Å². The van der Waals surface area contributed by atoms with E-state index in [2.05, 4.69) is 18.2 Å². The standard InChI is InChI=1S/C12H18O4/c1-4-5-6-7-9-10(12(14)15-3)8(2)11(13)16-9/h9-10H,2,4-7H2,1,3H3/t9-,10+/m0/s1. The van der Waals surface area contributed by atoms with Gasteiger partial charge in [0.25, 0.3) is 0 Å². The van der Waals surface area contributed by atoms with Crippen molar-refractivity contribution in [3.05, 3.63) is 12.2 Å². The minimum atomic E-state index is -0.616. The fourth-order valence-corrected chi connectivity index (χ4v) is 1.87. The van der Waals surface area contributed by atoms with Gasteiger partial charge in [-0.3, -0.25) is 4.79 Å². The van der Waals surface area contributed by atoms with Crippen LogP contribution in [0.3, 0.4) is 0 Å². The fourth-order valence-electron chi connectivity index (χ4n) is 1.87. The van der Waals surface area contributed by atoms with E-state index in [1.54, 1.807) is 0 Å². The first kappa shape index (κ1) is 12.7. The third-order valence-corrected chi connectivity index (χ3v) is 2.82. The molecular weight excluding hydrogens is 208 g/mol. The zero-order chi connectivity index (χ0) is 12.1. The summed E-state index contributed by atoms with van der Waals surface area (Å²) in [6, 6.07) is 0. The molecule has 0 unspecified atom stereocenters. The van der Waals surface area contributed by atoms with E-state index >= 15 is 0 Å². The van der Waals surface area contributed by atoms with Gasteiger partial charge in [0.05, 0.1) is 7.11 Å². The zero-order valence-corrected chi connectivity index (χ0v) is 9.82. The molecule has 1 saturated heterocycles. The predicted molar refractivity (Wildman–Crippen MR) is 58.7 cm³/mol. The summed E-state index contributed by atoms with van der Waals surface area (Å²) in [5.74, 6) is -1.52. The molecule has 4 nitrogen and oxygen atoms in total. The van der Waals surface area contributed by atoms with Crippen LogP contribution in [0.15, 0.2) is 12.2 Å². The highest BCUT2D eigenvalue weighted by molar-refractivity contribution is 5.98. The van der Waals surface area contributed by atoms with E-state index in [1.807, 2.05) is 0 Å². The van der Waals surface area contributed by atoms with Crippen molar-refractivity contribution in [1.29, 1.82) is 0 Å². The number of carbonyl (C=O) groups is 2. The number of ether oxygens (including phenoxy) is 2. The highest BCUT2D eigenvalue weighted by atomic mass is 16.6. The number of carbonyl (C=O) groups excluding carboxylic acids is 2. The Morgan fingerprint density at radius 3 is 2.75 bits per heavy atom. The van der Waals surface area contributed by atoms with Crippen LogP contribution in [0.4, 0.5) is 0 Å². The van der Waals surface area contributed by atoms with Crippen molar-refractivity contribution in [3.63, 3.8) is 0 Å². The predicted octanol–water partition coefficient (Wildman–Crippen LogP) is 1.84. The second-order valence-electron chi connectivity index (χ2n) is 3.97. The summed E-state index contributed by atoms with van der Waals surface area (Å²) in [5, 5.41) is 0. The van der Waals surface area contributed by atoms with Crippen LogP contribution in [0.1, 0.15) is 32.6 Å². The van der Waals surface area contributed by atoms with Crippen molar-refractivity contribution in [1.82, 2.24) is 0 Å². The van der Waals surface area contributed by atoms with E-state index in [1.165, 1.54) is 7.11 Å². The SMILES string of the molecule is C=C1C(=O)O[C@@H](CCCCC)[C@@H]1C(=O)OC. The fraction of sp³-hybridized carbons (Fsp3) is 0.667. The molecule has 1 heterocycles. The van der Waals surface area contributed by atoms with Gasteiger partial charge in [-0.2, -0.15) is 0 Å². The third kappa shape index (κ3) is 2.62. The number of methoxy groups -OCH3 is 1. The lowest BCUT2D eigenvalue weighted by atomic mass is 9.94. The van der Waals surface area contributed by atoms with Crippen molar-refractivity contribution in [3.8, 4) is 0 Å². The normalized spacial score (nSPS) is 24.4. The summed E-state index contributed by atoms with van der Waals surface area (Å²) >= 11 is 0. The van der Waals surface area contributed by atoms with Crippen molar-refractivity contribution < 1.29 is 19.1 Å². The lowest BCUT2D eigenvalue weighted by Crippen LogP contribution is -2.26. The molecule has 4 heteroatoms. The molecule has 90 valence electrons. The lowest BCUT2D eigenvalue weighted by molar-refractivity contribution is -0.147. The van der Waals surface area contributed by atoms with Crippen molar-refractivity contribution in [2.75, 3.05) is 7.11 Å². The zero-order valence-electron chi connectivity index (χ0n) is 9.82. The maximum Gasteiger partial charge on any atom is 0.334 e. The monoisotopic (exact) mass is 226 g/mol. The number of hydrogen-bond acceptors (Lipinski definition) is 4. The Hall–Kier alpha value is -1.32. The number of hydrogen-bond donors (Lipinski definition) is 0. The first-order valence-corrected chi connectivity index (χ1v) is 5.59. The highest BCUT2D eigenvalue weighted by Crippen LogP contribution is 2.30. The molecule has 16 heavy (non-hydrogen) atoms. The molecule has 1 aliphatic rings. The van der Waals surface area contributed by atoms with Crippen molar-refractivity contribution >= 4 is 11.9 Å². The summed E-state index contributed by atoms with van der Waals surface area (Å²) in [4.78, 5) is 22.8. The first-order valence-electron chi connectivity index (χ1n) is 5.59. The lowest BCUT2D eigenvalue weighted by Gasteiger charge is -2.15. The topological polar surface area (TPSA) is 52.6 Å². The Balaban J connectivity index is 2.63. The molecule has 0 radical (unpaired) electrons. The van der Waals surface area contributed by atoms with Gasteiger partial charge in [0.2, 0.25) is 0 Å².